The predicted molar refractivity (Wildman–Crippen MR) is 82.1 cm³/mol. The van der Waals surface area contributed by atoms with E-state index in [0.29, 0.717) is 10.8 Å². The monoisotopic (exact) mass is 317 g/mol. The van der Waals surface area contributed by atoms with E-state index in [1.165, 1.54) is 4.88 Å². The zero-order valence-corrected chi connectivity index (χ0v) is 12.8. The van der Waals surface area contributed by atoms with Crippen LogP contribution in [0.5, 0.6) is 0 Å². The van der Waals surface area contributed by atoms with Gasteiger partial charge >= 0.3 is 0 Å². The number of halogens is 1. The lowest BCUT2D eigenvalue weighted by atomic mass is 10.3. The lowest BCUT2D eigenvalue weighted by Gasteiger charge is -1.99. The van der Waals surface area contributed by atoms with Crippen molar-refractivity contribution in [2.75, 3.05) is 17.6 Å². The first-order valence-electron chi connectivity index (χ1n) is 5.30. The van der Waals surface area contributed by atoms with Gasteiger partial charge < -0.3 is 5.32 Å². The largest absolute Gasteiger partial charge is 0.360 e. The van der Waals surface area contributed by atoms with Crippen LogP contribution in [0.3, 0.4) is 0 Å². The lowest BCUT2D eigenvalue weighted by molar-refractivity contribution is 0.980. The van der Waals surface area contributed by atoms with Crippen molar-refractivity contribution in [1.82, 2.24) is 10.2 Å². The Labute approximate surface area is 123 Å². The number of thioether (sulfide) groups is 1. The van der Waals surface area contributed by atoms with Crippen LogP contribution in [0.2, 0.25) is 0 Å². The molecule has 0 radical (unpaired) electrons. The molecule has 0 saturated heterocycles. The van der Waals surface area contributed by atoms with Crippen molar-refractivity contribution in [1.29, 1.82) is 0 Å². The van der Waals surface area contributed by atoms with Gasteiger partial charge in [-0.3, -0.25) is 0 Å². The lowest BCUT2D eigenvalue weighted by Crippen LogP contribution is -2.03. The summed E-state index contributed by atoms with van der Waals surface area (Å²) in [5, 5.41) is 15.0. The molecule has 0 aliphatic rings. The van der Waals surface area contributed by atoms with Gasteiger partial charge in [0.1, 0.15) is 0 Å². The van der Waals surface area contributed by atoms with Crippen LogP contribution in [0.15, 0.2) is 33.5 Å². The van der Waals surface area contributed by atoms with Crippen LogP contribution >= 0.6 is 46.0 Å². The van der Waals surface area contributed by atoms with Gasteiger partial charge in [-0.2, -0.15) is 0 Å². The van der Waals surface area contributed by atoms with E-state index in [0.717, 1.165) is 22.4 Å². The average molecular weight is 318 g/mol. The Morgan fingerprint density at radius 1 is 1.50 bits per heavy atom. The number of nitrogens with one attached hydrogen (secondary N) is 1. The molecule has 18 heavy (non-hydrogen) atoms. The highest BCUT2D eigenvalue weighted by Crippen LogP contribution is 2.27. The fourth-order valence-electron chi connectivity index (χ4n) is 1.23. The third kappa shape index (κ3) is 4.61. The van der Waals surface area contributed by atoms with E-state index < -0.39 is 0 Å². The third-order valence-corrected chi connectivity index (χ3v) is 5.32. The second kappa shape index (κ2) is 7.13. The van der Waals surface area contributed by atoms with Gasteiger partial charge in [0.05, 0.1) is 0 Å². The van der Waals surface area contributed by atoms with Crippen LogP contribution in [0.25, 0.3) is 0 Å². The summed E-state index contributed by atoms with van der Waals surface area (Å²) in [4.78, 5) is 1.38. The maximum atomic E-state index is 5.70. The molecule has 0 spiro atoms. The van der Waals surface area contributed by atoms with E-state index in [1.54, 1.807) is 34.4 Å². The minimum atomic E-state index is 0.627. The third-order valence-electron chi connectivity index (χ3n) is 1.99. The average Bonchev–Trinajstić information content (AvgIpc) is 2.97. The first-order chi connectivity index (χ1) is 8.74. The first-order valence-corrected chi connectivity index (χ1v) is 8.36. The summed E-state index contributed by atoms with van der Waals surface area (Å²) < 4.78 is 0.912. The molecule has 0 bridgehead atoms. The molecule has 0 atom stereocenters. The van der Waals surface area contributed by atoms with Crippen LogP contribution in [-0.4, -0.2) is 22.5 Å². The topological polar surface area (TPSA) is 37.8 Å². The molecule has 2 heterocycles. The highest BCUT2D eigenvalue weighted by molar-refractivity contribution is 8.01. The van der Waals surface area contributed by atoms with E-state index in [9.17, 15) is 0 Å². The molecule has 0 aromatic carbocycles. The standard InChI is InChI=1S/C11H12ClN3S3/c1-8(12)7-17-11-15-14-10(18-11)13-5-4-9-3-2-6-16-9/h2-3,6H,1,4-5,7H2,(H,13,14). The van der Waals surface area contributed by atoms with Crippen molar-refractivity contribution in [2.24, 2.45) is 0 Å². The Morgan fingerprint density at radius 2 is 2.39 bits per heavy atom. The SMILES string of the molecule is C=C(Cl)CSc1nnc(NCCc2cccs2)s1. The maximum absolute atomic E-state index is 5.70. The number of hydrogen-bond acceptors (Lipinski definition) is 6. The summed E-state index contributed by atoms with van der Waals surface area (Å²) in [5.41, 5.74) is 0. The zero-order chi connectivity index (χ0) is 12.8. The Kier molecular flexibility index (Phi) is 5.49. The molecule has 0 fully saturated rings. The second-order valence-electron chi connectivity index (χ2n) is 3.44. The number of rotatable bonds is 7. The molecular formula is C11H12ClN3S3. The van der Waals surface area contributed by atoms with Gasteiger partial charge in [-0.25, -0.2) is 0 Å². The fourth-order valence-corrected chi connectivity index (χ4v) is 3.63. The molecule has 0 amide bonds. The number of anilines is 1. The van der Waals surface area contributed by atoms with Crippen LogP contribution < -0.4 is 5.32 Å². The molecule has 0 aliphatic carbocycles. The van der Waals surface area contributed by atoms with E-state index in [1.807, 2.05) is 0 Å². The smallest absolute Gasteiger partial charge is 0.206 e. The van der Waals surface area contributed by atoms with Crippen LogP contribution in [0.4, 0.5) is 5.13 Å². The molecule has 0 aliphatic heterocycles. The molecule has 2 rings (SSSR count). The number of thiophene rings is 1. The summed E-state index contributed by atoms with van der Waals surface area (Å²) in [6.45, 7) is 4.52. The van der Waals surface area contributed by atoms with Gasteiger partial charge in [-0.1, -0.05) is 47.3 Å². The molecule has 7 heteroatoms. The van der Waals surface area contributed by atoms with E-state index >= 15 is 0 Å². The molecular weight excluding hydrogens is 306 g/mol. The molecule has 0 unspecified atom stereocenters. The van der Waals surface area contributed by atoms with E-state index in [2.05, 4.69) is 39.6 Å². The minimum absolute atomic E-state index is 0.627. The van der Waals surface area contributed by atoms with Gasteiger partial charge in [0.2, 0.25) is 5.13 Å². The first kappa shape index (κ1) is 13.9. The van der Waals surface area contributed by atoms with Crippen molar-refractivity contribution >= 4 is 51.2 Å². The van der Waals surface area contributed by atoms with Gasteiger partial charge in [-0.05, 0) is 17.9 Å². The van der Waals surface area contributed by atoms with E-state index in [-0.39, 0.29) is 0 Å². The van der Waals surface area contributed by atoms with Crippen LogP contribution in [0.1, 0.15) is 4.88 Å². The Bertz CT molecular complexity index is 495. The zero-order valence-electron chi connectivity index (χ0n) is 9.56. The van der Waals surface area contributed by atoms with Gasteiger partial charge in [0, 0.05) is 22.2 Å². The van der Waals surface area contributed by atoms with Crippen molar-refractivity contribution < 1.29 is 0 Å². The second-order valence-corrected chi connectivity index (χ2v) is 7.20. The number of aromatic nitrogens is 2. The highest BCUT2D eigenvalue weighted by Gasteiger charge is 2.04. The Morgan fingerprint density at radius 3 is 3.11 bits per heavy atom. The molecule has 96 valence electrons. The number of nitrogens with zero attached hydrogens (tertiary/aromatic N) is 2. The van der Waals surface area contributed by atoms with Gasteiger partial charge in [0.15, 0.2) is 4.34 Å². The predicted octanol–water partition coefficient (Wildman–Crippen LogP) is 4.10. The molecule has 2 aromatic rings. The summed E-state index contributed by atoms with van der Waals surface area (Å²) in [6.07, 6.45) is 1.01. The quantitative estimate of drug-likeness (QED) is 0.780. The Hall–Kier alpha value is -0.560. The van der Waals surface area contributed by atoms with Crippen molar-refractivity contribution in [3.8, 4) is 0 Å². The van der Waals surface area contributed by atoms with Gasteiger partial charge in [-0.15, -0.1) is 21.5 Å². The minimum Gasteiger partial charge on any atom is -0.360 e. The van der Waals surface area contributed by atoms with Gasteiger partial charge in [0.25, 0.3) is 0 Å². The summed E-state index contributed by atoms with van der Waals surface area (Å²) >= 11 is 10.6. The molecule has 0 saturated carbocycles. The van der Waals surface area contributed by atoms with Crippen molar-refractivity contribution in [3.05, 3.63) is 34.0 Å². The summed E-state index contributed by atoms with van der Waals surface area (Å²) in [6, 6.07) is 4.21. The summed E-state index contributed by atoms with van der Waals surface area (Å²) in [5.74, 6) is 0.672. The highest BCUT2D eigenvalue weighted by atomic mass is 35.5. The summed E-state index contributed by atoms with van der Waals surface area (Å²) in [7, 11) is 0. The van der Waals surface area contributed by atoms with Crippen molar-refractivity contribution in [3.63, 3.8) is 0 Å². The van der Waals surface area contributed by atoms with Crippen molar-refractivity contribution in [2.45, 2.75) is 10.8 Å². The molecule has 3 nitrogen and oxygen atoms in total. The molecule has 1 N–H and O–H groups in total. The molecule has 2 aromatic heterocycles. The normalized spacial score (nSPS) is 10.5. The van der Waals surface area contributed by atoms with Crippen LogP contribution in [0, 0.1) is 0 Å². The maximum Gasteiger partial charge on any atom is 0.206 e. The number of hydrogen-bond donors (Lipinski definition) is 1. The fraction of sp³-hybridized carbons (Fsp3) is 0.273. The Balaban J connectivity index is 1.74. The van der Waals surface area contributed by atoms with E-state index in [4.69, 9.17) is 11.6 Å². The van der Waals surface area contributed by atoms with Crippen LogP contribution in [-0.2, 0) is 6.42 Å².